The molecule has 0 radical (unpaired) electrons. The van der Waals surface area contributed by atoms with E-state index in [4.69, 9.17) is 10.3 Å². The molecule has 1 heterocycles. The highest BCUT2D eigenvalue weighted by Gasteiger charge is 2.29. The number of carbonyl (C=O) groups is 3. The molecule has 2 aromatic carbocycles. The number of benzene rings is 2. The van der Waals surface area contributed by atoms with Crippen molar-refractivity contribution in [1.82, 2.24) is 15.5 Å². The van der Waals surface area contributed by atoms with Gasteiger partial charge in [0.2, 0.25) is 23.4 Å². The summed E-state index contributed by atoms with van der Waals surface area (Å²) in [7, 11) is -3.57. The van der Waals surface area contributed by atoms with E-state index in [2.05, 4.69) is 15.5 Å². The lowest BCUT2D eigenvalue weighted by atomic mass is 10.1. The van der Waals surface area contributed by atoms with Gasteiger partial charge in [0.1, 0.15) is 6.04 Å². The Labute approximate surface area is 190 Å². The molecule has 0 spiro atoms. The van der Waals surface area contributed by atoms with Crippen molar-refractivity contribution >= 4 is 27.4 Å². The van der Waals surface area contributed by atoms with Crippen LogP contribution in [-0.4, -0.2) is 48.0 Å². The standard InChI is InChI=1S/C22H22N4O6S/c23-18(27)13-17(20(29)22-25-21(26-32-22)16-9-5-2-6-10-16)24-19(28)11-12-33(30,31)14-15-7-3-1-4-8-15/h1-10,17H,11-14H2,(H2,23,27)(H,24,28). The molecule has 0 saturated heterocycles. The van der Waals surface area contributed by atoms with Gasteiger partial charge in [-0.15, -0.1) is 0 Å². The van der Waals surface area contributed by atoms with Crippen molar-refractivity contribution in [3.8, 4) is 11.4 Å². The van der Waals surface area contributed by atoms with E-state index in [1.807, 2.05) is 0 Å². The topological polar surface area (TPSA) is 162 Å². The maximum atomic E-state index is 12.8. The normalized spacial score (nSPS) is 12.1. The lowest BCUT2D eigenvalue weighted by Crippen LogP contribution is -2.44. The quantitative estimate of drug-likeness (QED) is 0.396. The fraction of sp³-hybridized carbons (Fsp3) is 0.227. The van der Waals surface area contributed by atoms with E-state index in [0.29, 0.717) is 11.1 Å². The SMILES string of the molecule is NC(=O)CC(NC(=O)CCS(=O)(=O)Cc1ccccc1)C(=O)c1nc(-c2ccccc2)no1. The molecule has 1 aromatic heterocycles. The number of hydrogen-bond donors (Lipinski definition) is 2. The predicted molar refractivity (Wildman–Crippen MR) is 118 cm³/mol. The van der Waals surface area contributed by atoms with Gasteiger partial charge in [-0.2, -0.15) is 4.98 Å². The van der Waals surface area contributed by atoms with Gasteiger partial charge in [0.05, 0.1) is 17.9 Å². The predicted octanol–water partition coefficient (Wildman–Crippen LogP) is 1.28. The zero-order valence-corrected chi connectivity index (χ0v) is 18.3. The summed E-state index contributed by atoms with van der Waals surface area (Å²) in [6.45, 7) is 0. The smallest absolute Gasteiger partial charge is 0.296 e. The molecule has 3 rings (SSSR count). The number of nitrogens with one attached hydrogen (secondary N) is 1. The molecular formula is C22H22N4O6S. The van der Waals surface area contributed by atoms with E-state index >= 15 is 0 Å². The first-order valence-electron chi connectivity index (χ1n) is 9.99. The average Bonchev–Trinajstić information content (AvgIpc) is 3.28. The van der Waals surface area contributed by atoms with Crippen LogP contribution in [0.25, 0.3) is 11.4 Å². The molecule has 172 valence electrons. The van der Waals surface area contributed by atoms with Crippen LogP contribution in [0.1, 0.15) is 29.1 Å². The number of Topliss-reactive ketones (excluding diaryl/α,β-unsaturated/α-hetero) is 1. The van der Waals surface area contributed by atoms with E-state index in [-0.39, 0.29) is 11.6 Å². The molecule has 0 aliphatic heterocycles. The first-order chi connectivity index (χ1) is 15.7. The summed E-state index contributed by atoms with van der Waals surface area (Å²) in [5, 5.41) is 6.09. The van der Waals surface area contributed by atoms with Crippen LogP contribution in [-0.2, 0) is 25.2 Å². The summed E-state index contributed by atoms with van der Waals surface area (Å²) in [4.78, 5) is 40.6. The molecule has 0 bridgehead atoms. The Kier molecular flexibility index (Phi) is 7.67. The van der Waals surface area contributed by atoms with Crippen LogP contribution in [0.2, 0.25) is 0 Å². The minimum absolute atomic E-state index is 0.162. The highest BCUT2D eigenvalue weighted by Crippen LogP contribution is 2.16. The van der Waals surface area contributed by atoms with Gasteiger partial charge >= 0.3 is 0 Å². The second-order valence-corrected chi connectivity index (χ2v) is 9.46. The Hall–Kier alpha value is -3.86. The molecule has 2 amide bonds. The van der Waals surface area contributed by atoms with Crippen LogP contribution in [0.15, 0.2) is 65.2 Å². The van der Waals surface area contributed by atoms with Crippen molar-refractivity contribution < 1.29 is 27.3 Å². The van der Waals surface area contributed by atoms with Gasteiger partial charge < -0.3 is 15.6 Å². The molecule has 0 fully saturated rings. The third-order valence-electron chi connectivity index (χ3n) is 4.60. The van der Waals surface area contributed by atoms with Crippen LogP contribution >= 0.6 is 0 Å². The third kappa shape index (κ3) is 7.07. The van der Waals surface area contributed by atoms with Gasteiger partial charge in [0.15, 0.2) is 9.84 Å². The average molecular weight is 471 g/mol. The zero-order valence-electron chi connectivity index (χ0n) is 17.5. The van der Waals surface area contributed by atoms with Crippen molar-refractivity contribution in [3.05, 3.63) is 72.1 Å². The van der Waals surface area contributed by atoms with Gasteiger partial charge in [0, 0.05) is 12.0 Å². The zero-order chi connectivity index (χ0) is 23.8. The van der Waals surface area contributed by atoms with Crippen molar-refractivity contribution in [2.24, 2.45) is 5.73 Å². The number of ketones is 1. The van der Waals surface area contributed by atoms with E-state index in [1.54, 1.807) is 60.7 Å². The van der Waals surface area contributed by atoms with Gasteiger partial charge in [-0.25, -0.2) is 8.42 Å². The highest BCUT2D eigenvalue weighted by atomic mass is 32.2. The monoisotopic (exact) mass is 470 g/mol. The Morgan fingerprint density at radius 1 is 1.00 bits per heavy atom. The molecule has 1 unspecified atom stereocenters. The number of rotatable bonds is 11. The van der Waals surface area contributed by atoms with E-state index in [0.717, 1.165) is 0 Å². The number of amides is 2. The number of aromatic nitrogens is 2. The molecule has 0 saturated carbocycles. The van der Waals surface area contributed by atoms with Crippen molar-refractivity contribution in [2.45, 2.75) is 24.6 Å². The van der Waals surface area contributed by atoms with Gasteiger partial charge in [-0.05, 0) is 5.56 Å². The lowest BCUT2D eigenvalue weighted by Gasteiger charge is -2.14. The number of nitrogens with zero attached hydrogens (tertiary/aromatic N) is 2. The van der Waals surface area contributed by atoms with Crippen molar-refractivity contribution in [1.29, 1.82) is 0 Å². The molecule has 0 aliphatic rings. The summed E-state index contributed by atoms with van der Waals surface area (Å²) in [5.41, 5.74) is 6.42. The Balaban J connectivity index is 1.64. The van der Waals surface area contributed by atoms with Crippen molar-refractivity contribution in [2.75, 3.05) is 5.75 Å². The first-order valence-corrected chi connectivity index (χ1v) is 11.8. The molecule has 3 aromatic rings. The van der Waals surface area contributed by atoms with Gasteiger partial charge in [-0.1, -0.05) is 65.8 Å². The summed E-state index contributed by atoms with van der Waals surface area (Å²) < 4.78 is 29.6. The fourth-order valence-corrected chi connectivity index (χ4v) is 4.34. The third-order valence-corrected chi connectivity index (χ3v) is 6.19. The first kappa shape index (κ1) is 23.8. The fourth-order valence-electron chi connectivity index (χ4n) is 3.00. The molecule has 1 atom stereocenters. The van der Waals surface area contributed by atoms with E-state index in [1.165, 1.54) is 0 Å². The van der Waals surface area contributed by atoms with Crippen molar-refractivity contribution in [3.63, 3.8) is 0 Å². The largest absolute Gasteiger partial charge is 0.370 e. The number of hydrogen-bond acceptors (Lipinski definition) is 8. The molecule has 10 nitrogen and oxygen atoms in total. The Morgan fingerprint density at radius 2 is 1.64 bits per heavy atom. The van der Waals surface area contributed by atoms with Gasteiger partial charge in [-0.3, -0.25) is 14.4 Å². The maximum absolute atomic E-state index is 12.8. The lowest BCUT2D eigenvalue weighted by molar-refractivity contribution is -0.122. The minimum atomic E-state index is -3.57. The van der Waals surface area contributed by atoms with Crippen LogP contribution in [0.4, 0.5) is 0 Å². The second-order valence-electron chi connectivity index (χ2n) is 7.27. The summed E-state index contributed by atoms with van der Waals surface area (Å²) in [6, 6.07) is 16.0. The summed E-state index contributed by atoms with van der Waals surface area (Å²) >= 11 is 0. The highest BCUT2D eigenvalue weighted by molar-refractivity contribution is 7.90. The number of primary amides is 1. The van der Waals surface area contributed by atoms with E-state index in [9.17, 15) is 22.8 Å². The Morgan fingerprint density at radius 3 is 2.27 bits per heavy atom. The van der Waals surface area contributed by atoms with Gasteiger partial charge in [0.25, 0.3) is 5.89 Å². The molecule has 33 heavy (non-hydrogen) atoms. The minimum Gasteiger partial charge on any atom is -0.370 e. The van der Waals surface area contributed by atoms with Crippen LogP contribution in [0.3, 0.4) is 0 Å². The van der Waals surface area contributed by atoms with Crippen LogP contribution < -0.4 is 11.1 Å². The molecule has 11 heteroatoms. The molecule has 0 aliphatic carbocycles. The summed E-state index contributed by atoms with van der Waals surface area (Å²) in [6.07, 6.45) is -0.902. The molecular weight excluding hydrogens is 448 g/mol. The second kappa shape index (κ2) is 10.6. The molecule has 3 N–H and O–H groups in total. The van der Waals surface area contributed by atoms with Crippen LogP contribution in [0.5, 0.6) is 0 Å². The number of carbonyl (C=O) groups excluding carboxylic acids is 3. The number of nitrogens with two attached hydrogens (primary N) is 1. The maximum Gasteiger partial charge on any atom is 0.296 e. The summed E-state index contributed by atoms with van der Waals surface area (Å²) in [5.74, 6) is -3.25. The Bertz CT molecular complexity index is 1230. The van der Waals surface area contributed by atoms with Crippen LogP contribution in [0, 0.1) is 0 Å². The number of sulfone groups is 1. The van der Waals surface area contributed by atoms with E-state index < -0.39 is 58.0 Å².